The SMILES string of the molecule is Cc1nnc2sc(-c3ccc(CNC(=S)NC(=O)C(C)(C)C)cc3)nn12. The molecule has 1 amide bonds. The Labute approximate surface area is 160 Å². The van der Waals surface area contributed by atoms with E-state index < -0.39 is 5.41 Å². The van der Waals surface area contributed by atoms with E-state index >= 15 is 0 Å². The number of rotatable bonds is 3. The van der Waals surface area contributed by atoms with Gasteiger partial charge in [0.1, 0.15) is 5.01 Å². The summed E-state index contributed by atoms with van der Waals surface area (Å²) in [7, 11) is 0. The van der Waals surface area contributed by atoms with Crippen molar-refractivity contribution in [3.8, 4) is 10.6 Å². The summed E-state index contributed by atoms with van der Waals surface area (Å²) in [6, 6.07) is 8.03. The Balaban J connectivity index is 1.61. The van der Waals surface area contributed by atoms with Crippen molar-refractivity contribution in [1.82, 2.24) is 30.4 Å². The van der Waals surface area contributed by atoms with Crippen molar-refractivity contribution in [3.05, 3.63) is 35.7 Å². The first kappa shape index (κ1) is 18.4. The van der Waals surface area contributed by atoms with Gasteiger partial charge in [0.15, 0.2) is 10.9 Å². The Morgan fingerprint density at radius 2 is 1.92 bits per heavy atom. The first-order chi connectivity index (χ1) is 12.2. The van der Waals surface area contributed by atoms with Crippen molar-refractivity contribution in [2.45, 2.75) is 34.2 Å². The van der Waals surface area contributed by atoms with E-state index in [4.69, 9.17) is 12.2 Å². The highest BCUT2D eigenvalue weighted by Gasteiger charge is 2.21. The summed E-state index contributed by atoms with van der Waals surface area (Å²) in [5, 5.41) is 19.6. The fourth-order valence-corrected chi connectivity index (χ4v) is 3.17. The number of carbonyl (C=O) groups excluding carboxylic acids is 1. The van der Waals surface area contributed by atoms with E-state index in [1.165, 1.54) is 11.3 Å². The third-order valence-corrected chi connectivity index (χ3v) is 4.90. The van der Waals surface area contributed by atoms with Crippen molar-refractivity contribution >= 4 is 39.5 Å². The van der Waals surface area contributed by atoms with Crippen LogP contribution in [0.2, 0.25) is 0 Å². The Kier molecular flexibility index (Phi) is 5.01. The lowest BCUT2D eigenvalue weighted by molar-refractivity contribution is -0.126. The average Bonchev–Trinajstić information content (AvgIpc) is 3.15. The van der Waals surface area contributed by atoms with E-state index in [0.717, 1.165) is 26.9 Å². The van der Waals surface area contributed by atoms with E-state index in [0.29, 0.717) is 11.7 Å². The molecule has 0 bridgehead atoms. The van der Waals surface area contributed by atoms with Crippen molar-refractivity contribution in [2.75, 3.05) is 0 Å². The van der Waals surface area contributed by atoms with E-state index in [9.17, 15) is 4.79 Å². The van der Waals surface area contributed by atoms with Gasteiger partial charge < -0.3 is 10.6 Å². The van der Waals surface area contributed by atoms with E-state index in [1.54, 1.807) is 4.52 Å². The molecule has 1 aromatic carbocycles. The van der Waals surface area contributed by atoms with Crippen LogP contribution in [0.4, 0.5) is 0 Å². The fraction of sp³-hybridized carbons (Fsp3) is 0.353. The molecule has 9 heteroatoms. The molecule has 0 fully saturated rings. The van der Waals surface area contributed by atoms with Gasteiger partial charge in [-0.2, -0.15) is 9.61 Å². The molecule has 3 aromatic rings. The van der Waals surface area contributed by atoms with Crippen LogP contribution in [0.15, 0.2) is 24.3 Å². The van der Waals surface area contributed by atoms with Gasteiger partial charge in [-0.15, -0.1) is 10.2 Å². The van der Waals surface area contributed by atoms with Crippen LogP contribution in [0, 0.1) is 12.3 Å². The van der Waals surface area contributed by atoms with Crippen molar-refractivity contribution in [2.24, 2.45) is 5.41 Å². The number of hydrogen-bond acceptors (Lipinski definition) is 6. The second-order valence-corrected chi connectivity index (χ2v) is 8.30. The Morgan fingerprint density at radius 1 is 1.23 bits per heavy atom. The van der Waals surface area contributed by atoms with Crippen LogP contribution in [0.3, 0.4) is 0 Å². The van der Waals surface area contributed by atoms with Gasteiger partial charge in [0.05, 0.1) is 0 Å². The van der Waals surface area contributed by atoms with Gasteiger partial charge >= 0.3 is 0 Å². The fourth-order valence-electron chi connectivity index (χ4n) is 2.11. The number of aryl methyl sites for hydroxylation is 1. The van der Waals surface area contributed by atoms with E-state index in [1.807, 2.05) is 52.0 Å². The molecule has 7 nitrogen and oxygen atoms in total. The second kappa shape index (κ2) is 7.08. The molecule has 0 aliphatic heterocycles. The number of nitrogens with one attached hydrogen (secondary N) is 2. The van der Waals surface area contributed by atoms with E-state index in [-0.39, 0.29) is 5.91 Å². The Morgan fingerprint density at radius 3 is 2.54 bits per heavy atom. The summed E-state index contributed by atoms with van der Waals surface area (Å²) >= 11 is 6.67. The molecule has 2 N–H and O–H groups in total. The first-order valence-corrected chi connectivity index (χ1v) is 9.34. The maximum atomic E-state index is 11.9. The third kappa shape index (κ3) is 4.05. The van der Waals surface area contributed by atoms with Crippen molar-refractivity contribution in [1.29, 1.82) is 0 Å². The highest BCUT2D eigenvalue weighted by molar-refractivity contribution is 7.80. The normalized spacial score (nSPS) is 11.5. The lowest BCUT2D eigenvalue weighted by Crippen LogP contribution is -2.44. The molecule has 3 rings (SSSR count). The van der Waals surface area contributed by atoms with Crippen LogP contribution >= 0.6 is 23.6 Å². The predicted octanol–water partition coefficient (Wildman–Crippen LogP) is 2.70. The summed E-state index contributed by atoms with van der Waals surface area (Å²) in [6.07, 6.45) is 0. The molecule has 0 aliphatic carbocycles. The van der Waals surface area contributed by atoms with Crippen molar-refractivity contribution in [3.63, 3.8) is 0 Å². The number of hydrogen-bond donors (Lipinski definition) is 2. The van der Waals surface area contributed by atoms with Gasteiger partial charge in [-0.05, 0) is 24.7 Å². The molecule has 26 heavy (non-hydrogen) atoms. The molecular formula is C17H20N6OS2. The van der Waals surface area contributed by atoms with Crippen LogP contribution in [0.5, 0.6) is 0 Å². The number of aromatic nitrogens is 4. The molecule has 0 spiro atoms. The molecule has 136 valence electrons. The summed E-state index contributed by atoms with van der Waals surface area (Å²) in [5.74, 6) is 0.665. The monoisotopic (exact) mass is 388 g/mol. The zero-order chi connectivity index (χ0) is 18.9. The smallest absolute Gasteiger partial charge is 0.234 e. The quantitative estimate of drug-likeness (QED) is 0.671. The third-order valence-electron chi connectivity index (χ3n) is 3.71. The summed E-state index contributed by atoms with van der Waals surface area (Å²) in [6.45, 7) is 7.94. The van der Waals surface area contributed by atoms with Gasteiger partial charge in [0.2, 0.25) is 10.9 Å². The number of carbonyl (C=O) groups is 1. The van der Waals surface area contributed by atoms with Crippen LogP contribution in [0.25, 0.3) is 15.5 Å². The highest BCUT2D eigenvalue weighted by Crippen LogP contribution is 2.25. The standard InChI is InChI=1S/C17H20N6OS2/c1-10-20-21-16-23(10)22-13(26-16)12-7-5-11(6-8-12)9-18-15(25)19-14(24)17(2,3)4/h5-8H,9H2,1-4H3,(H2,18,19,24,25). The molecule has 0 radical (unpaired) electrons. The number of fused-ring (bicyclic) bond motifs is 1. The molecule has 2 aromatic heterocycles. The topological polar surface area (TPSA) is 84.2 Å². The van der Waals surface area contributed by atoms with Crippen LogP contribution in [0.1, 0.15) is 32.2 Å². The van der Waals surface area contributed by atoms with Crippen LogP contribution in [-0.4, -0.2) is 30.8 Å². The maximum absolute atomic E-state index is 11.9. The summed E-state index contributed by atoms with van der Waals surface area (Å²) in [5.41, 5.74) is 1.60. The number of amides is 1. The molecule has 0 saturated heterocycles. The highest BCUT2D eigenvalue weighted by atomic mass is 32.1. The van der Waals surface area contributed by atoms with Gasteiger partial charge in [-0.25, -0.2) is 0 Å². The minimum Gasteiger partial charge on any atom is -0.358 e. The maximum Gasteiger partial charge on any atom is 0.234 e. The summed E-state index contributed by atoms with van der Waals surface area (Å²) in [4.78, 5) is 12.7. The number of thiocarbonyl (C=S) groups is 1. The minimum absolute atomic E-state index is 0.107. The van der Waals surface area contributed by atoms with Gasteiger partial charge in [0.25, 0.3) is 0 Å². The molecule has 0 unspecified atom stereocenters. The van der Waals surface area contributed by atoms with Gasteiger partial charge in [-0.1, -0.05) is 56.4 Å². The number of benzene rings is 1. The molecule has 0 aliphatic rings. The zero-order valence-corrected chi connectivity index (χ0v) is 16.7. The van der Waals surface area contributed by atoms with E-state index in [2.05, 4.69) is 25.9 Å². The average molecular weight is 389 g/mol. The lowest BCUT2D eigenvalue weighted by atomic mass is 9.96. The zero-order valence-electron chi connectivity index (χ0n) is 15.0. The Hall–Kier alpha value is -2.39. The summed E-state index contributed by atoms with van der Waals surface area (Å²) < 4.78 is 1.74. The number of nitrogens with zero attached hydrogens (tertiary/aromatic N) is 4. The first-order valence-electron chi connectivity index (χ1n) is 8.11. The Bertz CT molecular complexity index is 952. The van der Waals surface area contributed by atoms with Crippen LogP contribution in [-0.2, 0) is 11.3 Å². The van der Waals surface area contributed by atoms with Crippen molar-refractivity contribution < 1.29 is 4.79 Å². The predicted molar refractivity (Wildman–Crippen MR) is 106 cm³/mol. The molecule has 0 atom stereocenters. The van der Waals surface area contributed by atoms with Crippen LogP contribution < -0.4 is 10.6 Å². The molecule has 0 saturated carbocycles. The van der Waals surface area contributed by atoms with Gasteiger partial charge in [0, 0.05) is 17.5 Å². The second-order valence-electron chi connectivity index (χ2n) is 6.93. The lowest BCUT2D eigenvalue weighted by Gasteiger charge is -2.18. The largest absolute Gasteiger partial charge is 0.358 e. The molecule has 2 heterocycles. The molecular weight excluding hydrogens is 368 g/mol. The minimum atomic E-state index is -0.477. The van der Waals surface area contributed by atoms with Gasteiger partial charge in [-0.3, -0.25) is 4.79 Å².